The highest BCUT2D eigenvalue weighted by Gasteiger charge is 2.31. The minimum absolute atomic E-state index is 0.0187. The van der Waals surface area contributed by atoms with E-state index in [-0.39, 0.29) is 31.6 Å². The molecule has 1 fully saturated rings. The van der Waals surface area contributed by atoms with E-state index < -0.39 is 78.2 Å². The van der Waals surface area contributed by atoms with Gasteiger partial charge in [-0.1, -0.05) is 18.2 Å². The first-order valence-electron chi connectivity index (χ1n) is 11.1. The molecule has 202 valence electrons. The van der Waals surface area contributed by atoms with E-state index in [2.05, 4.69) is 10.1 Å². The number of halogens is 4. The molecule has 1 heterocycles. The SMILES string of the molecule is O=C(O)CC(NC(=O)CN1CCN(C(=O)c2ccccc2)CC1=O)C(=O)COc1c(F)c(F)cc(F)c1F. The number of ether oxygens (including phenoxy) is 1. The van der Waals surface area contributed by atoms with Gasteiger partial charge in [0.05, 0.1) is 13.0 Å². The first-order valence-corrected chi connectivity index (χ1v) is 11.1. The molecule has 1 aliphatic heterocycles. The van der Waals surface area contributed by atoms with Crippen LogP contribution in [0.25, 0.3) is 0 Å². The monoisotopic (exact) mass is 539 g/mol. The third-order valence-electron chi connectivity index (χ3n) is 5.49. The van der Waals surface area contributed by atoms with Crippen molar-refractivity contribution in [3.8, 4) is 5.75 Å². The molecule has 1 aliphatic rings. The maximum atomic E-state index is 13.7. The standard InChI is InChI=1S/C24H21F4N3O7/c25-14-8-15(26)22(28)23(21(14)27)38-12-17(32)16(9-20(35)36)29-18(33)10-30-6-7-31(11-19(30)34)24(37)13-4-2-1-3-5-13/h1-5,8,16H,6-7,9-12H2,(H,29,33)(H,35,36). The Labute approximate surface area is 212 Å². The van der Waals surface area contributed by atoms with Crippen molar-refractivity contribution in [2.75, 3.05) is 32.8 Å². The number of aliphatic carboxylic acids is 1. The Bertz CT molecular complexity index is 1230. The van der Waals surface area contributed by atoms with Gasteiger partial charge in [0.1, 0.15) is 19.2 Å². The summed E-state index contributed by atoms with van der Waals surface area (Å²) in [5, 5.41) is 11.2. The van der Waals surface area contributed by atoms with Gasteiger partial charge in [0.25, 0.3) is 5.91 Å². The van der Waals surface area contributed by atoms with E-state index >= 15 is 0 Å². The maximum absolute atomic E-state index is 13.7. The summed E-state index contributed by atoms with van der Waals surface area (Å²) < 4.78 is 58.7. The quantitative estimate of drug-likeness (QED) is 0.342. The summed E-state index contributed by atoms with van der Waals surface area (Å²) in [6, 6.07) is 6.42. The van der Waals surface area contributed by atoms with Gasteiger partial charge in [-0.3, -0.25) is 24.0 Å². The molecule has 0 aromatic heterocycles. The van der Waals surface area contributed by atoms with Crippen molar-refractivity contribution in [3.63, 3.8) is 0 Å². The van der Waals surface area contributed by atoms with Crippen LogP contribution in [0.5, 0.6) is 5.75 Å². The lowest BCUT2D eigenvalue weighted by Gasteiger charge is -2.34. The fourth-order valence-corrected chi connectivity index (χ4v) is 3.57. The van der Waals surface area contributed by atoms with Gasteiger partial charge in [0, 0.05) is 24.7 Å². The molecule has 0 spiro atoms. The molecular formula is C24H21F4N3O7. The second kappa shape index (κ2) is 12.2. The summed E-state index contributed by atoms with van der Waals surface area (Å²) in [5.74, 6) is -13.5. The van der Waals surface area contributed by atoms with E-state index in [0.29, 0.717) is 5.56 Å². The van der Waals surface area contributed by atoms with Gasteiger partial charge in [-0.05, 0) is 12.1 Å². The first-order chi connectivity index (χ1) is 18.0. The first kappa shape index (κ1) is 28.1. The molecule has 0 bridgehead atoms. The molecule has 1 saturated heterocycles. The van der Waals surface area contributed by atoms with Crippen molar-refractivity contribution < 1.29 is 51.4 Å². The molecule has 1 unspecified atom stereocenters. The summed E-state index contributed by atoms with van der Waals surface area (Å²) in [6.45, 7) is -2.02. The van der Waals surface area contributed by atoms with Crippen molar-refractivity contribution in [2.24, 2.45) is 0 Å². The Hall–Kier alpha value is -4.49. The number of nitrogens with one attached hydrogen (secondary N) is 1. The van der Waals surface area contributed by atoms with Gasteiger partial charge in [0.15, 0.2) is 23.2 Å². The largest absolute Gasteiger partial charge is 0.481 e. The van der Waals surface area contributed by atoms with E-state index in [4.69, 9.17) is 5.11 Å². The van der Waals surface area contributed by atoms with E-state index in [0.717, 1.165) is 4.90 Å². The van der Waals surface area contributed by atoms with Gasteiger partial charge in [0.2, 0.25) is 23.4 Å². The van der Waals surface area contributed by atoms with Gasteiger partial charge in [-0.15, -0.1) is 0 Å². The number of piperazine rings is 1. The molecule has 3 amide bonds. The van der Waals surface area contributed by atoms with Gasteiger partial charge >= 0.3 is 5.97 Å². The van der Waals surface area contributed by atoms with Crippen molar-refractivity contribution >= 4 is 29.5 Å². The Kier molecular flexibility index (Phi) is 8.99. The molecule has 14 heteroatoms. The molecule has 0 aliphatic carbocycles. The lowest BCUT2D eigenvalue weighted by atomic mass is 10.1. The van der Waals surface area contributed by atoms with Gasteiger partial charge in [-0.25, -0.2) is 8.78 Å². The van der Waals surface area contributed by atoms with E-state index in [1.54, 1.807) is 30.3 Å². The molecule has 2 N–H and O–H groups in total. The number of carbonyl (C=O) groups is 5. The van der Waals surface area contributed by atoms with E-state index in [9.17, 15) is 41.5 Å². The summed E-state index contributed by atoms with van der Waals surface area (Å²) in [5.41, 5.74) is 0.379. The number of hydrogen-bond acceptors (Lipinski definition) is 6. The molecule has 1 atom stereocenters. The Balaban J connectivity index is 1.58. The third kappa shape index (κ3) is 6.83. The maximum Gasteiger partial charge on any atom is 0.305 e. The second-order valence-corrected chi connectivity index (χ2v) is 8.18. The number of nitrogens with zero attached hydrogens (tertiary/aromatic N) is 2. The predicted molar refractivity (Wildman–Crippen MR) is 120 cm³/mol. The zero-order valence-electron chi connectivity index (χ0n) is 19.6. The number of benzene rings is 2. The zero-order valence-corrected chi connectivity index (χ0v) is 19.6. The van der Waals surface area contributed by atoms with Crippen LogP contribution in [0.3, 0.4) is 0 Å². The molecule has 3 rings (SSSR count). The number of Topliss-reactive ketones (excluding diaryl/α,β-unsaturated/α-hetero) is 1. The number of hydrogen-bond donors (Lipinski definition) is 2. The van der Waals surface area contributed by atoms with Crippen molar-refractivity contribution in [2.45, 2.75) is 12.5 Å². The number of carboxylic acids is 1. The van der Waals surface area contributed by atoms with Gasteiger partial charge < -0.3 is 25.0 Å². The number of rotatable bonds is 10. The molecule has 2 aromatic carbocycles. The topological polar surface area (TPSA) is 133 Å². The lowest BCUT2D eigenvalue weighted by molar-refractivity contribution is -0.142. The van der Waals surface area contributed by atoms with Crippen LogP contribution in [0.2, 0.25) is 0 Å². The minimum atomic E-state index is -1.90. The van der Waals surface area contributed by atoms with Crippen LogP contribution in [0.4, 0.5) is 17.6 Å². The van der Waals surface area contributed by atoms with Gasteiger partial charge in [-0.2, -0.15) is 8.78 Å². The minimum Gasteiger partial charge on any atom is -0.481 e. The highest BCUT2D eigenvalue weighted by molar-refractivity contribution is 5.98. The molecular weight excluding hydrogens is 518 g/mol. The van der Waals surface area contributed by atoms with Crippen LogP contribution in [-0.4, -0.2) is 83.2 Å². The highest BCUT2D eigenvalue weighted by Crippen LogP contribution is 2.26. The predicted octanol–water partition coefficient (Wildman–Crippen LogP) is 1.14. The molecule has 0 saturated carbocycles. The highest BCUT2D eigenvalue weighted by atomic mass is 19.2. The number of ketones is 1. The third-order valence-corrected chi connectivity index (χ3v) is 5.49. The molecule has 0 radical (unpaired) electrons. The van der Waals surface area contributed by atoms with Crippen molar-refractivity contribution in [1.82, 2.24) is 15.1 Å². The van der Waals surface area contributed by atoms with Crippen molar-refractivity contribution in [1.29, 1.82) is 0 Å². The molecule has 10 nitrogen and oxygen atoms in total. The Morgan fingerprint density at radius 1 is 1.00 bits per heavy atom. The van der Waals surface area contributed by atoms with Crippen LogP contribution in [0.15, 0.2) is 36.4 Å². The van der Waals surface area contributed by atoms with Crippen molar-refractivity contribution in [3.05, 3.63) is 65.2 Å². The van der Waals surface area contributed by atoms with Crippen LogP contribution in [0.1, 0.15) is 16.8 Å². The molecule has 2 aromatic rings. The summed E-state index contributed by atoms with van der Waals surface area (Å²) >= 11 is 0. The van der Waals surface area contributed by atoms with Crippen LogP contribution >= 0.6 is 0 Å². The van der Waals surface area contributed by atoms with Crippen LogP contribution in [-0.2, 0) is 19.2 Å². The van der Waals surface area contributed by atoms with E-state index in [1.807, 2.05) is 0 Å². The number of carboxylic acid groups (broad SMARTS) is 1. The Morgan fingerprint density at radius 3 is 2.21 bits per heavy atom. The second-order valence-electron chi connectivity index (χ2n) is 8.18. The normalized spacial score (nSPS) is 14.2. The number of amides is 3. The molecule has 38 heavy (non-hydrogen) atoms. The summed E-state index contributed by atoms with van der Waals surface area (Å²) in [7, 11) is 0. The fourth-order valence-electron chi connectivity index (χ4n) is 3.57. The van der Waals surface area contributed by atoms with Crippen LogP contribution in [0, 0.1) is 23.3 Å². The fraction of sp³-hybridized carbons (Fsp3) is 0.292. The smallest absolute Gasteiger partial charge is 0.305 e. The Morgan fingerprint density at radius 2 is 1.63 bits per heavy atom. The lowest BCUT2D eigenvalue weighted by Crippen LogP contribution is -2.55. The van der Waals surface area contributed by atoms with Crippen LogP contribution < -0.4 is 10.1 Å². The average Bonchev–Trinajstić information content (AvgIpc) is 2.88. The van der Waals surface area contributed by atoms with E-state index in [1.165, 1.54) is 4.90 Å². The summed E-state index contributed by atoms with van der Waals surface area (Å²) in [4.78, 5) is 63.5. The zero-order chi connectivity index (χ0) is 28.0. The summed E-state index contributed by atoms with van der Waals surface area (Å²) in [6.07, 6.45) is -0.955. The number of carbonyl (C=O) groups excluding carboxylic acids is 4. The average molecular weight is 539 g/mol.